The van der Waals surface area contributed by atoms with Crippen molar-refractivity contribution in [2.75, 3.05) is 0 Å². The Balaban J connectivity index is 1.46. The summed E-state index contributed by atoms with van der Waals surface area (Å²) in [6.45, 7) is 0.103. The average Bonchev–Trinajstić information content (AvgIpc) is 3.25. The van der Waals surface area contributed by atoms with Crippen LogP contribution in [0.5, 0.6) is 0 Å². The Morgan fingerprint density at radius 2 is 1.89 bits per heavy atom. The molecular formula is C21H17N3O3S. The highest BCUT2D eigenvalue weighted by Crippen LogP contribution is 2.18. The van der Waals surface area contributed by atoms with Crippen LogP contribution in [0.15, 0.2) is 93.5 Å². The van der Waals surface area contributed by atoms with Crippen molar-refractivity contribution < 1.29 is 12.8 Å². The Hall–Kier alpha value is -3.29. The van der Waals surface area contributed by atoms with E-state index < -0.39 is 10.0 Å². The van der Waals surface area contributed by atoms with E-state index in [4.69, 9.17) is 4.42 Å². The van der Waals surface area contributed by atoms with Gasteiger partial charge in [0.15, 0.2) is 0 Å². The van der Waals surface area contributed by atoms with Gasteiger partial charge in [-0.25, -0.2) is 13.1 Å². The zero-order valence-electron chi connectivity index (χ0n) is 14.8. The summed E-state index contributed by atoms with van der Waals surface area (Å²) in [5.74, 6) is 0.551. The molecule has 0 aliphatic carbocycles. The first-order valence-electron chi connectivity index (χ1n) is 8.61. The number of hydrogen-bond donors (Lipinski definition) is 1. The highest BCUT2D eigenvalue weighted by Gasteiger charge is 2.14. The summed E-state index contributed by atoms with van der Waals surface area (Å²) >= 11 is 0. The maximum atomic E-state index is 12.3. The monoisotopic (exact) mass is 391 g/mol. The summed E-state index contributed by atoms with van der Waals surface area (Å²) in [5.41, 5.74) is 2.53. The minimum absolute atomic E-state index is 0.103. The van der Waals surface area contributed by atoms with Crippen LogP contribution in [0, 0.1) is 0 Å². The molecule has 0 unspecified atom stereocenters. The second-order valence-corrected chi connectivity index (χ2v) is 7.88. The maximum absolute atomic E-state index is 12.3. The summed E-state index contributed by atoms with van der Waals surface area (Å²) in [6.07, 6.45) is 5.00. The average molecular weight is 391 g/mol. The molecule has 4 aromatic rings. The fourth-order valence-electron chi connectivity index (χ4n) is 2.70. The van der Waals surface area contributed by atoms with Crippen LogP contribution in [0.25, 0.3) is 10.9 Å². The van der Waals surface area contributed by atoms with Gasteiger partial charge in [0.25, 0.3) is 0 Å². The molecule has 0 fully saturated rings. The molecule has 2 aromatic carbocycles. The van der Waals surface area contributed by atoms with Crippen LogP contribution in [-0.4, -0.2) is 19.6 Å². The Bertz CT molecular complexity index is 1220. The Labute approximate surface area is 162 Å². The molecule has 28 heavy (non-hydrogen) atoms. The Morgan fingerprint density at radius 3 is 2.68 bits per heavy atom. The van der Waals surface area contributed by atoms with Crippen LogP contribution < -0.4 is 4.72 Å². The van der Waals surface area contributed by atoms with E-state index in [0.717, 1.165) is 16.5 Å². The van der Waals surface area contributed by atoms with Crippen molar-refractivity contribution in [3.05, 3.63) is 90.5 Å². The number of hydrogen-bond acceptors (Lipinski definition) is 5. The molecule has 0 saturated heterocycles. The summed E-state index contributed by atoms with van der Waals surface area (Å²) < 4.78 is 32.3. The minimum atomic E-state index is -3.61. The van der Waals surface area contributed by atoms with Crippen LogP contribution in [-0.2, 0) is 16.6 Å². The standard InChI is InChI=1S/C21H17N3O3S/c25-28(26,24-15-19-4-2-12-27-19)20-8-6-18(7-9-20)23-14-16-5-10-21-17(13-16)3-1-11-22-21/h1-14,24H,15H2. The summed E-state index contributed by atoms with van der Waals surface area (Å²) in [5, 5.41) is 1.04. The van der Waals surface area contributed by atoms with E-state index in [1.165, 1.54) is 18.4 Å². The third kappa shape index (κ3) is 4.16. The molecule has 0 aliphatic rings. The number of aliphatic imine (C=N–C) groups is 1. The van der Waals surface area contributed by atoms with E-state index in [1.54, 1.807) is 36.7 Å². The van der Waals surface area contributed by atoms with Gasteiger partial charge in [-0.2, -0.15) is 0 Å². The van der Waals surface area contributed by atoms with Crippen molar-refractivity contribution in [1.29, 1.82) is 0 Å². The molecule has 2 heterocycles. The van der Waals surface area contributed by atoms with Crippen molar-refractivity contribution in [1.82, 2.24) is 9.71 Å². The van der Waals surface area contributed by atoms with Gasteiger partial charge in [0.1, 0.15) is 5.76 Å². The molecule has 0 saturated carbocycles. The fourth-order valence-corrected chi connectivity index (χ4v) is 3.69. The Morgan fingerprint density at radius 1 is 1.04 bits per heavy atom. The largest absolute Gasteiger partial charge is 0.468 e. The number of nitrogens with one attached hydrogen (secondary N) is 1. The molecular weight excluding hydrogens is 374 g/mol. The molecule has 0 atom stereocenters. The zero-order chi connectivity index (χ0) is 19.4. The maximum Gasteiger partial charge on any atom is 0.240 e. The van der Waals surface area contributed by atoms with Crippen molar-refractivity contribution >= 4 is 32.8 Å². The minimum Gasteiger partial charge on any atom is -0.468 e. The third-order valence-electron chi connectivity index (χ3n) is 4.15. The van der Waals surface area contributed by atoms with E-state index >= 15 is 0 Å². The molecule has 0 radical (unpaired) electrons. The number of fused-ring (bicyclic) bond motifs is 1. The number of sulfonamides is 1. The topological polar surface area (TPSA) is 84.6 Å². The van der Waals surface area contributed by atoms with E-state index in [1.807, 2.05) is 30.3 Å². The van der Waals surface area contributed by atoms with E-state index in [9.17, 15) is 8.42 Å². The lowest BCUT2D eigenvalue weighted by Gasteiger charge is -2.05. The quantitative estimate of drug-likeness (QED) is 0.503. The first-order valence-corrected chi connectivity index (χ1v) is 10.1. The van der Waals surface area contributed by atoms with E-state index in [0.29, 0.717) is 11.4 Å². The highest BCUT2D eigenvalue weighted by atomic mass is 32.2. The lowest BCUT2D eigenvalue weighted by atomic mass is 10.1. The number of nitrogens with zero attached hydrogens (tertiary/aromatic N) is 2. The second-order valence-electron chi connectivity index (χ2n) is 6.11. The molecule has 0 aliphatic heterocycles. The fraction of sp³-hybridized carbons (Fsp3) is 0.0476. The van der Waals surface area contributed by atoms with Gasteiger partial charge in [-0.15, -0.1) is 0 Å². The van der Waals surface area contributed by atoms with Crippen molar-refractivity contribution in [3.63, 3.8) is 0 Å². The van der Waals surface area contributed by atoms with Crippen LogP contribution >= 0.6 is 0 Å². The lowest BCUT2D eigenvalue weighted by molar-refractivity contribution is 0.498. The van der Waals surface area contributed by atoms with Crippen LogP contribution in [0.1, 0.15) is 11.3 Å². The van der Waals surface area contributed by atoms with Gasteiger partial charge in [-0.3, -0.25) is 9.98 Å². The number of pyridine rings is 1. The van der Waals surface area contributed by atoms with Gasteiger partial charge in [-0.05, 0) is 60.2 Å². The van der Waals surface area contributed by atoms with Gasteiger partial charge in [0, 0.05) is 17.8 Å². The molecule has 1 N–H and O–H groups in total. The van der Waals surface area contributed by atoms with Crippen LogP contribution in [0.3, 0.4) is 0 Å². The molecule has 4 rings (SSSR count). The SMILES string of the molecule is O=S(=O)(NCc1ccco1)c1ccc(N=Cc2ccc3ncccc3c2)cc1. The molecule has 0 bridgehead atoms. The first-order chi connectivity index (χ1) is 13.6. The molecule has 2 aromatic heterocycles. The molecule has 140 valence electrons. The molecule has 7 heteroatoms. The lowest BCUT2D eigenvalue weighted by Crippen LogP contribution is -2.22. The van der Waals surface area contributed by atoms with Crippen molar-refractivity contribution in [2.45, 2.75) is 11.4 Å². The second kappa shape index (κ2) is 7.75. The number of aromatic nitrogens is 1. The summed E-state index contributed by atoms with van der Waals surface area (Å²) in [7, 11) is -3.61. The van der Waals surface area contributed by atoms with Gasteiger partial charge < -0.3 is 4.42 Å². The van der Waals surface area contributed by atoms with E-state index in [-0.39, 0.29) is 11.4 Å². The molecule has 0 spiro atoms. The molecule has 0 amide bonds. The predicted octanol–water partition coefficient (Wildman–Crippen LogP) is 4.06. The third-order valence-corrected chi connectivity index (χ3v) is 5.57. The number of furan rings is 1. The van der Waals surface area contributed by atoms with Gasteiger partial charge in [0.05, 0.1) is 28.9 Å². The summed E-state index contributed by atoms with van der Waals surface area (Å²) in [6, 6.07) is 19.6. The Kier molecular flexibility index (Phi) is 5.01. The predicted molar refractivity (Wildman–Crippen MR) is 108 cm³/mol. The summed E-state index contributed by atoms with van der Waals surface area (Å²) in [4.78, 5) is 8.88. The smallest absolute Gasteiger partial charge is 0.240 e. The van der Waals surface area contributed by atoms with Gasteiger partial charge >= 0.3 is 0 Å². The van der Waals surface area contributed by atoms with Crippen molar-refractivity contribution in [2.24, 2.45) is 4.99 Å². The van der Waals surface area contributed by atoms with Gasteiger partial charge in [-0.1, -0.05) is 12.1 Å². The zero-order valence-corrected chi connectivity index (χ0v) is 15.6. The van der Waals surface area contributed by atoms with E-state index in [2.05, 4.69) is 14.7 Å². The first kappa shape index (κ1) is 18.1. The van der Waals surface area contributed by atoms with Crippen LogP contribution in [0.2, 0.25) is 0 Å². The molecule has 6 nitrogen and oxygen atoms in total. The van der Waals surface area contributed by atoms with Crippen LogP contribution in [0.4, 0.5) is 5.69 Å². The normalized spacial score (nSPS) is 12.0. The van der Waals surface area contributed by atoms with Crippen molar-refractivity contribution in [3.8, 4) is 0 Å². The number of rotatable bonds is 6. The van der Waals surface area contributed by atoms with Gasteiger partial charge in [0.2, 0.25) is 10.0 Å². The highest BCUT2D eigenvalue weighted by molar-refractivity contribution is 7.89. The number of benzene rings is 2.